The van der Waals surface area contributed by atoms with E-state index >= 15 is 0 Å². The van der Waals surface area contributed by atoms with Crippen molar-refractivity contribution in [2.45, 2.75) is 52.0 Å². The molecule has 32 heavy (non-hydrogen) atoms. The van der Waals surface area contributed by atoms with Crippen molar-refractivity contribution in [1.29, 1.82) is 0 Å². The number of rotatable bonds is 4. The van der Waals surface area contributed by atoms with Crippen LogP contribution in [0.25, 0.3) is 0 Å². The fourth-order valence-electron chi connectivity index (χ4n) is 4.70. The fraction of sp³-hybridized carbons (Fsp3) is 0.480. The van der Waals surface area contributed by atoms with Crippen LogP contribution in [0.1, 0.15) is 69.0 Å². The number of likely N-dealkylation sites (tertiary alicyclic amines) is 1. The monoisotopic (exact) mass is 436 g/mol. The van der Waals surface area contributed by atoms with Crippen molar-refractivity contribution in [2.75, 3.05) is 27.2 Å². The minimum Gasteiger partial charge on any atom is -0.455 e. The number of piperidine rings is 1. The van der Waals surface area contributed by atoms with Gasteiger partial charge in [-0.05, 0) is 71.3 Å². The van der Waals surface area contributed by atoms with Gasteiger partial charge in [0, 0.05) is 36.2 Å². The Morgan fingerprint density at radius 1 is 1.16 bits per heavy atom. The number of hydrogen-bond acceptors (Lipinski definition) is 5. The van der Waals surface area contributed by atoms with Gasteiger partial charge in [0.05, 0.1) is 5.71 Å². The zero-order chi connectivity index (χ0) is 22.8. The summed E-state index contributed by atoms with van der Waals surface area (Å²) in [5, 5.41) is 4.45. The Morgan fingerprint density at radius 3 is 2.59 bits per heavy atom. The molecule has 2 amide bonds. The van der Waals surface area contributed by atoms with E-state index < -0.39 is 0 Å². The Bertz CT molecular complexity index is 1050. The topological polar surface area (TPSA) is 78.1 Å². The molecule has 0 atom stereocenters. The van der Waals surface area contributed by atoms with E-state index in [9.17, 15) is 9.59 Å². The van der Waals surface area contributed by atoms with Gasteiger partial charge in [-0.25, -0.2) is 5.43 Å². The lowest BCUT2D eigenvalue weighted by atomic mass is 9.93. The third-order valence-corrected chi connectivity index (χ3v) is 6.76. The second kappa shape index (κ2) is 9.28. The highest BCUT2D eigenvalue weighted by molar-refractivity contribution is 6.07. The van der Waals surface area contributed by atoms with Gasteiger partial charge >= 0.3 is 0 Å². The number of nitrogens with one attached hydrogen (secondary N) is 1. The summed E-state index contributed by atoms with van der Waals surface area (Å²) in [6.07, 6.45) is 4.31. The van der Waals surface area contributed by atoms with Crippen LogP contribution in [0.5, 0.6) is 0 Å². The Labute approximate surface area is 189 Å². The van der Waals surface area contributed by atoms with Crippen molar-refractivity contribution < 1.29 is 14.0 Å². The molecule has 2 aliphatic rings. The third-order valence-electron chi connectivity index (χ3n) is 6.76. The summed E-state index contributed by atoms with van der Waals surface area (Å²) < 4.78 is 6.08. The SMILES string of the molecule is Cc1ccccc1C(=O)N/N=C1\CCCc2oc(C(=O)N(C)C3CCN(C)CC3)c(C)c21. The minimum absolute atomic E-state index is 0.0743. The fourth-order valence-corrected chi connectivity index (χ4v) is 4.70. The molecule has 0 unspecified atom stereocenters. The van der Waals surface area contributed by atoms with Crippen LogP contribution in [0.3, 0.4) is 0 Å². The minimum atomic E-state index is -0.234. The molecule has 1 fully saturated rings. The van der Waals surface area contributed by atoms with Gasteiger partial charge in [-0.2, -0.15) is 5.10 Å². The number of benzene rings is 1. The predicted molar refractivity (Wildman–Crippen MR) is 124 cm³/mol. The number of hydrazone groups is 1. The molecule has 0 spiro atoms. The number of nitrogens with zero attached hydrogens (tertiary/aromatic N) is 3. The van der Waals surface area contributed by atoms with E-state index in [1.807, 2.05) is 44.0 Å². The van der Waals surface area contributed by atoms with Gasteiger partial charge in [-0.15, -0.1) is 0 Å². The molecule has 1 saturated heterocycles. The standard InChI is InChI=1S/C25H32N4O3/c1-16-8-5-6-9-19(16)24(30)27-26-20-10-7-11-21-22(20)17(2)23(32-21)25(31)29(4)18-12-14-28(3)15-13-18/h5-6,8-9,18H,7,10-15H2,1-4H3,(H,27,30)/b26-20+. The third kappa shape index (κ3) is 4.35. The highest BCUT2D eigenvalue weighted by Crippen LogP contribution is 2.31. The second-order valence-electron chi connectivity index (χ2n) is 8.97. The van der Waals surface area contributed by atoms with E-state index in [1.54, 1.807) is 6.07 Å². The molecule has 7 heteroatoms. The molecular weight excluding hydrogens is 404 g/mol. The molecule has 170 valence electrons. The summed E-state index contributed by atoms with van der Waals surface area (Å²) in [6, 6.07) is 7.66. The van der Waals surface area contributed by atoms with Crippen molar-refractivity contribution in [3.8, 4) is 0 Å². The maximum absolute atomic E-state index is 13.3. The van der Waals surface area contributed by atoms with Crippen LogP contribution in [-0.2, 0) is 6.42 Å². The van der Waals surface area contributed by atoms with Crippen LogP contribution in [0.4, 0.5) is 0 Å². The van der Waals surface area contributed by atoms with Gasteiger partial charge in [0.1, 0.15) is 5.76 Å². The summed E-state index contributed by atoms with van der Waals surface area (Å²) in [5.74, 6) is 0.881. The number of amides is 2. The normalized spacial score (nSPS) is 18.4. The molecule has 2 aromatic rings. The molecule has 0 saturated carbocycles. The summed E-state index contributed by atoms with van der Waals surface area (Å²) in [4.78, 5) is 30.0. The van der Waals surface area contributed by atoms with Gasteiger partial charge in [-0.3, -0.25) is 9.59 Å². The Kier molecular flexibility index (Phi) is 6.46. The number of carbonyl (C=O) groups is 2. The van der Waals surface area contributed by atoms with Gasteiger partial charge in [0.2, 0.25) is 0 Å². The van der Waals surface area contributed by atoms with Crippen molar-refractivity contribution in [3.05, 3.63) is 58.0 Å². The summed E-state index contributed by atoms with van der Waals surface area (Å²) in [7, 11) is 3.98. The molecule has 0 bridgehead atoms. The number of carbonyl (C=O) groups excluding carboxylic acids is 2. The van der Waals surface area contributed by atoms with Crippen LogP contribution in [-0.4, -0.2) is 60.6 Å². The number of aryl methyl sites for hydroxylation is 2. The van der Waals surface area contributed by atoms with Crippen molar-refractivity contribution in [2.24, 2.45) is 5.10 Å². The average Bonchev–Trinajstić information content (AvgIpc) is 3.14. The Balaban J connectivity index is 1.55. The molecule has 7 nitrogen and oxygen atoms in total. The van der Waals surface area contributed by atoms with E-state index in [0.29, 0.717) is 11.3 Å². The smallest absolute Gasteiger partial charge is 0.289 e. The quantitative estimate of drug-likeness (QED) is 0.744. The summed E-state index contributed by atoms with van der Waals surface area (Å²) in [5.41, 5.74) is 6.67. The second-order valence-corrected chi connectivity index (χ2v) is 8.97. The van der Waals surface area contributed by atoms with E-state index in [1.165, 1.54) is 0 Å². The van der Waals surface area contributed by atoms with Gasteiger partial charge in [0.15, 0.2) is 5.76 Å². The first-order chi connectivity index (χ1) is 15.4. The lowest BCUT2D eigenvalue weighted by Gasteiger charge is -2.34. The molecule has 2 heterocycles. The van der Waals surface area contributed by atoms with Gasteiger partial charge < -0.3 is 14.2 Å². The molecular formula is C25H32N4O3. The highest BCUT2D eigenvalue weighted by atomic mass is 16.4. The Hall–Kier alpha value is -2.93. The maximum Gasteiger partial charge on any atom is 0.289 e. The summed E-state index contributed by atoms with van der Waals surface area (Å²) >= 11 is 0. The molecule has 1 N–H and O–H groups in total. The first kappa shape index (κ1) is 22.3. The highest BCUT2D eigenvalue weighted by Gasteiger charge is 2.32. The predicted octanol–water partition coefficient (Wildman–Crippen LogP) is 3.53. The van der Waals surface area contributed by atoms with Crippen LogP contribution >= 0.6 is 0 Å². The van der Waals surface area contributed by atoms with Crippen LogP contribution in [0.15, 0.2) is 33.8 Å². The molecule has 1 aromatic carbocycles. The maximum atomic E-state index is 13.3. The first-order valence-electron chi connectivity index (χ1n) is 11.4. The average molecular weight is 437 g/mol. The zero-order valence-corrected chi connectivity index (χ0v) is 19.4. The summed E-state index contributed by atoms with van der Waals surface area (Å²) in [6.45, 7) is 5.81. The largest absolute Gasteiger partial charge is 0.455 e. The number of furan rings is 1. The van der Waals surface area contributed by atoms with E-state index in [4.69, 9.17) is 4.42 Å². The first-order valence-corrected chi connectivity index (χ1v) is 11.4. The molecule has 1 aliphatic heterocycles. The lowest BCUT2D eigenvalue weighted by Crippen LogP contribution is -2.44. The number of hydrogen-bond donors (Lipinski definition) is 1. The van der Waals surface area contributed by atoms with Gasteiger partial charge in [-0.1, -0.05) is 18.2 Å². The van der Waals surface area contributed by atoms with Crippen molar-refractivity contribution in [3.63, 3.8) is 0 Å². The number of fused-ring (bicyclic) bond motifs is 1. The Morgan fingerprint density at radius 2 is 1.88 bits per heavy atom. The van der Waals surface area contributed by atoms with E-state index in [0.717, 1.165) is 73.4 Å². The van der Waals surface area contributed by atoms with E-state index in [-0.39, 0.29) is 17.9 Å². The lowest BCUT2D eigenvalue weighted by molar-refractivity contribution is 0.0625. The molecule has 1 aliphatic carbocycles. The van der Waals surface area contributed by atoms with Crippen LogP contribution in [0, 0.1) is 13.8 Å². The molecule has 0 radical (unpaired) electrons. The molecule has 4 rings (SSSR count). The van der Waals surface area contributed by atoms with E-state index in [2.05, 4.69) is 22.5 Å². The van der Waals surface area contributed by atoms with Crippen LogP contribution in [0.2, 0.25) is 0 Å². The zero-order valence-electron chi connectivity index (χ0n) is 19.4. The van der Waals surface area contributed by atoms with Crippen LogP contribution < -0.4 is 5.43 Å². The van der Waals surface area contributed by atoms with Crippen molar-refractivity contribution >= 4 is 17.5 Å². The molecule has 1 aromatic heterocycles. The van der Waals surface area contributed by atoms with Crippen molar-refractivity contribution in [1.82, 2.24) is 15.2 Å². The van der Waals surface area contributed by atoms with Gasteiger partial charge in [0.25, 0.3) is 11.8 Å².